The zero-order chi connectivity index (χ0) is 13.7. The molecule has 1 saturated heterocycles. The van der Waals surface area contributed by atoms with Gasteiger partial charge in [0.1, 0.15) is 18.5 Å². The number of hydrogen-bond donors (Lipinski definition) is 1. The first kappa shape index (κ1) is 14.3. The zero-order valence-electron chi connectivity index (χ0n) is 11.7. The Hall–Kier alpha value is -1.10. The largest absolute Gasteiger partial charge is 0.491 e. The van der Waals surface area contributed by atoms with Crippen LogP contribution in [0, 0.1) is 6.92 Å². The van der Waals surface area contributed by atoms with Crippen LogP contribution in [-0.4, -0.2) is 55.1 Å². The third-order valence-corrected chi connectivity index (χ3v) is 3.32. The molecule has 2 rings (SSSR count). The van der Waals surface area contributed by atoms with Crippen LogP contribution in [-0.2, 0) is 4.74 Å². The molecule has 1 heterocycles. The molecule has 0 aliphatic carbocycles. The highest BCUT2D eigenvalue weighted by atomic mass is 16.5. The number of aryl methyl sites for hydroxylation is 1. The average Bonchev–Trinajstić information content (AvgIpc) is 2.38. The second-order valence-electron chi connectivity index (χ2n) is 5.17. The van der Waals surface area contributed by atoms with Crippen LogP contribution in [0.3, 0.4) is 0 Å². The fraction of sp³-hybridized carbons (Fsp3) is 0.600. The van der Waals surface area contributed by atoms with Crippen LogP contribution in [0.2, 0.25) is 0 Å². The summed E-state index contributed by atoms with van der Waals surface area (Å²) in [6.07, 6.45) is -0.219. The Morgan fingerprint density at radius 2 is 2.26 bits per heavy atom. The van der Waals surface area contributed by atoms with Crippen molar-refractivity contribution in [1.29, 1.82) is 0 Å². The minimum atomic E-state index is -0.468. The van der Waals surface area contributed by atoms with Gasteiger partial charge >= 0.3 is 0 Å². The molecule has 1 fully saturated rings. The Labute approximate surface area is 114 Å². The van der Waals surface area contributed by atoms with Crippen molar-refractivity contribution in [3.63, 3.8) is 0 Å². The molecule has 1 aliphatic rings. The molecular formula is C15H23NO3. The van der Waals surface area contributed by atoms with E-state index in [4.69, 9.17) is 9.47 Å². The number of nitrogens with zero attached hydrogens (tertiary/aromatic N) is 1. The fourth-order valence-corrected chi connectivity index (χ4v) is 2.31. The molecule has 19 heavy (non-hydrogen) atoms. The van der Waals surface area contributed by atoms with E-state index >= 15 is 0 Å². The van der Waals surface area contributed by atoms with E-state index in [1.165, 1.54) is 0 Å². The minimum Gasteiger partial charge on any atom is -0.491 e. The van der Waals surface area contributed by atoms with Gasteiger partial charge in [0.2, 0.25) is 0 Å². The Morgan fingerprint density at radius 3 is 3.00 bits per heavy atom. The summed E-state index contributed by atoms with van der Waals surface area (Å²) >= 11 is 0. The van der Waals surface area contributed by atoms with Crippen molar-refractivity contribution in [2.45, 2.75) is 26.1 Å². The Balaban J connectivity index is 1.75. The molecule has 1 N–H and O–H groups in total. The molecule has 2 atom stereocenters. The number of para-hydroxylation sites is 1. The van der Waals surface area contributed by atoms with Crippen molar-refractivity contribution < 1.29 is 14.6 Å². The second kappa shape index (κ2) is 6.89. The number of ether oxygens (including phenoxy) is 2. The maximum atomic E-state index is 10.0. The van der Waals surface area contributed by atoms with E-state index in [1.54, 1.807) is 0 Å². The topological polar surface area (TPSA) is 41.9 Å². The molecule has 0 unspecified atom stereocenters. The first-order valence-electron chi connectivity index (χ1n) is 6.85. The highest BCUT2D eigenvalue weighted by Crippen LogP contribution is 2.16. The van der Waals surface area contributed by atoms with Gasteiger partial charge in [-0.2, -0.15) is 0 Å². The Morgan fingerprint density at radius 1 is 1.47 bits per heavy atom. The van der Waals surface area contributed by atoms with Crippen molar-refractivity contribution in [2.75, 3.05) is 32.8 Å². The predicted molar refractivity (Wildman–Crippen MR) is 74.5 cm³/mol. The van der Waals surface area contributed by atoms with Crippen molar-refractivity contribution in [2.24, 2.45) is 0 Å². The van der Waals surface area contributed by atoms with E-state index in [-0.39, 0.29) is 6.10 Å². The zero-order valence-corrected chi connectivity index (χ0v) is 11.7. The number of morpholine rings is 1. The smallest absolute Gasteiger partial charge is 0.122 e. The molecule has 0 radical (unpaired) electrons. The van der Waals surface area contributed by atoms with Crippen molar-refractivity contribution in [3.05, 3.63) is 29.8 Å². The van der Waals surface area contributed by atoms with Crippen LogP contribution in [0.5, 0.6) is 5.75 Å². The van der Waals surface area contributed by atoms with E-state index < -0.39 is 6.10 Å². The second-order valence-corrected chi connectivity index (χ2v) is 5.17. The number of aliphatic hydroxyl groups excluding tert-OH is 1. The van der Waals surface area contributed by atoms with Crippen molar-refractivity contribution >= 4 is 0 Å². The molecule has 0 aromatic heterocycles. The van der Waals surface area contributed by atoms with E-state index in [2.05, 4.69) is 11.8 Å². The highest BCUT2D eigenvalue weighted by Gasteiger charge is 2.19. The van der Waals surface area contributed by atoms with E-state index in [1.807, 2.05) is 31.2 Å². The Kier molecular flexibility index (Phi) is 5.19. The van der Waals surface area contributed by atoms with Gasteiger partial charge < -0.3 is 14.6 Å². The van der Waals surface area contributed by atoms with Gasteiger partial charge in [-0.3, -0.25) is 4.90 Å². The summed E-state index contributed by atoms with van der Waals surface area (Å²) in [5.41, 5.74) is 1.09. The summed E-state index contributed by atoms with van der Waals surface area (Å²) in [7, 11) is 0. The van der Waals surface area contributed by atoms with Crippen LogP contribution in [0.25, 0.3) is 0 Å². The van der Waals surface area contributed by atoms with Crippen LogP contribution < -0.4 is 4.74 Å². The van der Waals surface area contributed by atoms with Gasteiger partial charge in [0.05, 0.1) is 12.7 Å². The van der Waals surface area contributed by atoms with E-state index in [9.17, 15) is 5.11 Å². The Bertz CT molecular complexity index is 397. The molecule has 0 amide bonds. The highest BCUT2D eigenvalue weighted by molar-refractivity contribution is 5.31. The summed E-state index contributed by atoms with van der Waals surface area (Å²) in [4.78, 5) is 2.22. The third kappa shape index (κ3) is 4.49. The van der Waals surface area contributed by atoms with E-state index in [0.29, 0.717) is 13.2 Å². The first-order valence-corrected chi connectivity index (χ1v) is 6.85. The normalized spacial score (nSPS) is 22.2. The minimum absolute atomic E-state index is 0.248. The summed E-state index contributed by atoms with van der Waals surface area (Å²) in [6.45, 7) is 7.53. The number of rotatable bonds is 5. The number of benzene rings is 1. The van der Waals surface area contributed by atoms with Crippen molar-refractivity contribution in [3.8, 4) is 5.75 Å². The maximum absolute atomic E-state index is 10.0. The molecule has 0 bridgehead atoms. The van der Waals surface area contributed by atoms with E-state index in [0.717, 1.165) is 31.0 Å². The lowest BCUT2D eigenvalue weighted by atomic mass is 10.2. The molecule has 0 saturated carbocycles. The summed E-state index contributed by atoms with van der Waals surface area (Å²) in [5, 5.41) is 10.0. The number of aliphatic hydroxyl groups is 1. The molecule has 1 aromatic carbocycles. The van der Waals surface area contributed by atoms with Crippen LogP contribution in [0.15, 0.2) is 24.3 Å². The van der Waals surface area contributed by atoms with Gasteiger partial charge in [-0.15, -0.1) is 0 Å². The standard InChI is InChI=1S/C15H23NO3/c1-12-5-3-4-6-15(12)19-11-14(17)10-16-7-8-18-13(2)9-16/h3-6,13-14,17H,7-11H2,1-2H3/t13-,14-/m0/s1. The average molecular weight is 265 g/mol. The van der Waals surface area contributed by atoms with Crippen molar-refractivity contribution in [1.82, 2.24) is 4.90 Å². The first-order chi connectivity index (χ1) is 9.15. The van der Waals surface area contributed by atoms with Crippen LogP contribution in [0.4, 0.5) is 0 Å². The van der Waals surface area contributed by atoms with Gasteiger partial charge in [0, 0.05) is 19.6 Å². The maximum Gasteiger partial charge on any atom is 0.122 e. The third-order valence-electron chi connectivity index (χ3n) is 3.32. The molecule has 1 aromatic rings. The monoisotopic (exact) mass is 265 g/mol. The molecule has 4 nitrogen and oxygen atoms in total. The van der Waals surface area contributed by atoms with Gasteiger partial charge in [-0.1, -0.05) is 18.2 Å². The van der Waals surface area contributed by atoms with Crippen LogP contribution >= 0.6 is 0 Å². The predicted octanol–water partition coefficient (Wildman–Crippen LogP) is 1.46. The molecule has 106 valence electrons. The summed E-state index contributed by atoms with van der Waals surface area (Å²) < 4.78 is 11.1. The fourth-order valence-electron chi connectivity index (χ4n) is 2.31. The van der Waals surface area contributed by atoms with Gasteiger partial charge in [0.25, 0.3) is 0 Å². The number of β-amino-alcohol motifs (C(OH)–C–C–N with tert-alkyl or cyclic N) is 1. The molecule has 1 aliphatic heterocycles. The molecule has 0 spiro atoms. The summed E-state index contributed by atoms with van der Waals surface area (Å²) in [6, 6.07) is 7.86. The lowest BCUT2D eigenvalue weighted by Crippen LogP contribution is -2.45. The quantitative estimate of drug-likeness (QED) is 0.875. The SMILES string of the molecule is Cc1ccccc1OC[C@@H](O)CN1CCO[C@@H](C)C1. The van der Waals surface area contributed by atoms with Gasteiger partial charge in [-0.05, 0) is 25.5 Å². The summed E-state index contributed by atoms with van der Waals surface area (Å²) in [5.74, 6) is 0.844. The molecular weight excluding hydrogens is 242 g/mol. The van der Waals surface area contributed by atoms with Crippen LogP contribution in [0.1, 0.15) is 12.5 Å². The lowest BCUT2D eigenvalue weighted by Gasteiger charge is -2.32. The van der Waals surface area contributed by atoms with Gasteiger partial charge in [-0.25, -0.2) is 0 Å². The molecule has 4 heteroatoms. The number of hydrogen-bond acceptors (Lipinski definition) is 4. The lowest BCUT2D eigenvalue weighted by molar-refractivity contribution is -0.0361. The van der Waals surface area contributed by atoms with Gasteiger partial charge in [0.15, 0.2) is 0 Å².